The van der Waals surface area contributed by atoms with E-state index in [-0.39, 0.29) is 5.56 Å². The van der Waals surface area contributed by atoms with Crippen LogP contribution in [0.25, 0.3) is 22.4 Å². The highest BCUT2D eigenvalue weighted by Crippen LogP contribution is 2.28. The van der Waals surface area contributed by atoms with Gasteiger partial charge in [0.2, 0.25) is 0 Å². The van der Waals surface area contributed by atoms with Crippen molar-refractivity contribution < 1.29 is 18.8 Å². The molecular formula is C25H20N2O4. The van der Waals surface area contributed by atoms with Gasteiger partial charge in [0.25, 0.3) is 5.91 Å². The molecule has 4 aromatic rings. The second kappa shape index (κ2) is 9.09. The molecule has 1 heterocycles. The molecule has 0 saturated carbocycles. The van der Waals surface area contributed by atoms with Crippen LogP contribution >= 0.6 is 0 Å². The van der Waals surface area contributed by atoms with Crippen LogP contribution in [0.3, 0.4) is 0 Å². The number of aryl methyl sites for hydroxylation is 1. The average Bonchev–Trinajstić information content (AvgIpc) is 3.20. The molecule has 0 aliphatic heterocycles. The lowest BCUT2D eigenvalue weighted by Gasteiger charge is -2.11. The van der Waals surface area contributed by atoms with Gasteiger partial charge in [-0.15, -0.1) is 0 Å². The summed E-state index contributed by atoms with van der Waals surface area (Å²) in [5.74, 6) is -0.769. The Morgan fingerprint density at radius 1 is 0.871 bits per heavy atom. The van der Waals surface area contributed by atoms with Crippen LogP contribution in [0.15, 0.2) is 89.5 Å². The molecule has 0 radical (unpaired) electrons. The van der Waals surface area contributed by atoms with Crippen molar-refractivity contribution in [2.24, 2.45) is 0 Å². The number of hydrogen-bond acceptors (Lipinski definition) is 5. The third-order valence-electron chi connectivity index (χ3n) is 4.73. The number of benzene rings is 3. The first-order chi connectivity index (χ1) is 15.1. The van der Waals surface area contributed by atoms with E-state index in [1.54, 1.807) is 13.0 Å². The zero-order chi connectivity index (χ0) is 21.6. The SMILES string of the molecule is Cc1onc(-c2ccccc2)c1C(=O)OCC(=O)Nc1ccccc1-c1ccccc1. The Bertz CT molecular complexity index is 1200. The summed E-state index contributed by atoms with van der Waals surface area (Å²) >= 11 is 0. The van der Waals surface area contributed by atoms with Crippen molar-refractivity contribution in [2.45, 2.75) is 6.92 Å². The van der Waals surface area contributed by atoms with Gasteiger partial charge in [-0.05, 0) is 18.6 Å². The number of ether oxygens (including phenoxy) is 1. The first kappa shape index (κ1) is 20.1. The first-order valence-corrected chi connectivity index (χ1v) is 9.76. The summed E-state index contributed by atoms with van der Waals surface area (Å²) in [5, 5.41) is 6.79. The lowest BCUT2D eigenvalue weighted by atomic mass is 10.0. The fourth-order valence-corrected chi connectivity index (χ4v) is 3.26. The Morgan fingerprint density at radius 2 is 1.48 bits per heavy atom. The van der Waals surface area contributed by atoms with E-state index in [9.17, 15) is 9.59 Å². The van der Waals surface area contributed by atoms with Crippen LogP contribution in [-0.2, 0) is 9.53 Å². The molecule has 0 saturated heterocycles. The number of nitrogens with zero attached hydrogens (tertiary/aromatic N) is 1. The maximum Gasteiger partial charge on any atom is 0.344 e. The highest BCUT2D eigenvalue weighted by Gasteiger charge is 2.23. The summed E-state index contributed by atoms with van der Waals surface area (Å²) in [6, 6.07) is 26.4. The summed E-state index contributed by atoms with van der Waals surface area (Å²) in [6.45, 7) is 1.20. The van der Waals surface area contributed by atoms with E-state index < -0.39 is 18.5 Å². The van der Waals surface area contributed by atoms with Crippen LogP contribution in [0.4, 0.5) is 5.69 Å². The number of carbonyl (C=O) groups is 2. The van der Waals surface area contributed by atoms with Gasteiger partial charge in [-0.1, -0.05) is 84.0 Å². The predicted molar refractivity (Wildman–Crippen MR) is 117 cm³/mol. The van der Waals surface area contributed by atoms with Crippen molar-refractivity contribution in [2.75, 3.05) is 11.9 Å². The number of rotatable bonds is 6. The summed E-state index contributed by atoms with van der Waals surface area (Å²) < 4.78 is 10.4. The molecule has 3 aromatic carbocycles. The van der Waals surface area contributed by atoms with Crippen LogP contribution in [0, 0.1) is 6.92 Å². The molecule has 0 unspecified atom stereocenters. The number of para-hydroxylation sites is 1. The van der Waals surface area contributed by atoms with E-state index >= 15 is 0 Å². The maximum absolute atomic E-state index is 12.7. The third kappa shape index (κ3) is 4.53. The maximum atomic E-state index is 12.7. The van der Waals surface area contributed by atoms with E-state index in [4.69, 9.17) is 9.26 Å². The summed E-state index contributed by atoms with van der Waals surface area (Å²) in [6.07, 6.45) is 0. The van der Waals surface area contributed by atoms with Crippen molar-refractivity contribution in [1.29, 1.82) is 0 Å². The monoisotopic (exact) mass is 412 g/mol. The van der Waals surface area contributed by atoms with Crippen molar-refractivity contribution in [1.82, 2.24) is 5.16 Å². The first-order valence-electron chi connectivity index (χ1n) is 9.76. The highest BCUT2D eigenvalue weighted by atomic mass is 16.5. The highest BCUT2D eigenvalue weighted by molar-refractivity contribution is 6.00. The lowest BCUT2D eigenvalue weighted by Crippen LogP contribution is -2.21. The largest absolute Gasteiger partial charge is 0.452 e. The third-order valence-corrected chi connectivity index (χ3v) is 4.73. The smallest absolute Gasteiger partial charge is 0.344 e. The molecule has 6 heteroatoms. The molecule has 1 aromatic heterocycles. The Morgan fingerprint density at radius 3 is 2.19 bits per heavy atom. The molecular weight excluding hydrogens is 392 g/mol. The van der Waals surface area contributed by atoms with E-state index in [0.717, 1.165) is 16.7 Å². The molecule has 6 nitrogen and oxygen atoms in total. The summed E-state index contributed by atoms with van der Waals surface area (Å²) in [7, 11) is 0. The average molecular weight is 412 g/mol. The number of anilines is 1. The van der Waals surface area contributed by atoms with Crippen molar-refractivity contribution in [3.8, 4) is 22.4 Å². The van der Waals surface area contributed by atoms with E-state index in [2.05, 4.69) is 10.5 Å². The molecule has 0 spiro atoms. The molecule has 0 aliphatic carbocycles. The zero-order valence-corrected chi connectivity index (χ0v) is 16.9. The Balaban J connectivity index is 1.45. The van der Waals surface area contributed by atoms with Gasteiger partial charge in [-0.2, -0.15) is 0 Å². The van der Waals surface area contributed by atoms with Crippen molar-refractivity contribution in [3.05, 3.63) is 96.3 Å². The van der Waals surface area contributed by atoms with Crippen LogP contribution in [0.5, 0.6) is 0 Å². The topological polar surface area (TPSA) is 81.4 Å². The zero-order valence-electron chi connectivity index (χ0n) is 16.9. The summed E-state index contributed by atoms with van der Waals surface area (Å²) in [4.78, 5) is 25.1. The minimum absolute atomic E-state index is 0.212. The molecule has 0 fully saturated rings. The van der Waals surface area contributed by atoms with E-state index in [1.807, 2.05) is 78.9 Å². The van der Waals surface area contributed by atoms with Gasteiger partial charge in [-0.25, -0.2) is 4.79 Å². The minimum atomic E-state index is -0.663. The molecule has 0 aliphatic rings. The minimum Gasteiger partial charge on any atom is -0.452 e. The quantitative estimate of drug-likeness (QED) is 0.445. The number of hydrogen-bond donors (Lipinski definition) is 1. The molecule has 31 heavy (non-hydrogen) atoms. The Labute approximate surface area is 179 Å². The Kier molecular flexibility index (Phi) is 5.89. The standard InChI is InChI=1S/C25H20N2O4/c1-17-23(24(27-31-17)19-12-6-3-7-13-19)25(29)30-16-22(28)26-21-15-9-8-14-20(21)18-10-4-2-5-11-18/h2-15H,16H2,1H3,(H,26,28). The predicted octanol–water partition coefficient (Wildman–Crippen LogP) is 5.11. The number of esters is 1. The number of amides is 1. The van der Waals surface area contributed by atoms with Crippen molar-refractivity contribution in [3.63, 3.8) is 0 Å². The molecule has 1 amide bonds. The van der Waals surface area contributed by atoms with Gasteiger partial charge in [0.15, 0.2) is 6.61 Å². The fourth-order valence-electron chi connectivity index (χ4n) is 3.26. The summed E-state index contributed by atoms with van der Waals surface area (Å²) in [5.41, 5.74) is 3.82. The van der Waals surface area contributed by atoms with E-state index in [0.29, 0.717) is 17.1 Å². The molecule has 1 N–H and O–H groups in total. The van der Waals surface area contributed by atoms with Gasteiger partial charge >= 0.3 is 5.97 Å². The van der Waals surface area contributed by atoms with Gasteiger partial charge in [0.05, 0.1) is 0 Å². The second-order valence-electron chi connectivity index (χ2n) is 6.86. The molecule has 0 bridgehead atoms. The van der Waals surface area contributed by atoms with Crippen molar-refractivity contribution >= 4 is 17.6 Å². The van der Waals surface area contributed by atoms with Gasteiger partial charge in [0, 0.05) is 16.8 Å². The normalized spacial score (nSPS) is 10.5. The molecule has 0 atom stereocenters. The van der Waals surface area contributed by atoms with E-state index in [1.165, 1.54) is 0 Å². The van der Waals surface area contributed by atoms with Crippen LogP contribution in [-0.4, -0.2) is 23.6 Å². The number of carbonyl (C=O) groups excluding carboxylic acids is 2. The van der Waals surface area contributed by atoms with Crippen LogP contribution < -0.4 is 5.32 Å². The van der Waals surface area contributed by atoms with Gasteiger partial charge < -0.3 is 14.6 Å². The van der Waals surface area contributed by atoms with Gasteiger partial charge in [-0.3, -0.25) is 4.79 Å². The van der Waals surface area contributed by atoms with Crippen LogP contribution in [0.1, 0.15) is 16.1 Å². The second-order valence-corrected chi connectivity index (χ2v) is 6.86. The molecule has 4 rings (SSSR count). The number of nitrogens with one attached hydrogen (secondary N) is 1. The lowest BCUT2D eigenvalue weighted by molar-refractivity contribution is -0.119. The van der Waals surface area contributed by atoms with Crippen LogP contribution in [0.2, 0.25) is 0 Å². The Hall–Kier alpha value is -4.19. The van der Waals surface area contributed by atoms with Gasteiger partial charge in [0.1, 0.15) is 17.0 Å². The fraction of sp³-hybridized carbons (Fsp3) is 0.0800. The molecule has 154 valence electrons. The number of aromatic nitrogens is 1.